The lowest BCUT2D eigenvalue weighted by Crippen LogP contribution is -2.26. The van der Waals surface area contributed by atoms with Gasteiger partial charge in [-0.25, -0.2) is 4.79 Å². The van der Waals surface area contributed by atoms with Crippen LogP contribution in [-0.4, -0.2) is 11.1 Å². The minimum atomic E-state index is -0.855. The summed E-state index contributed by atoms with van der Waals surface area (Å²) in [5.74, 6) is -0.530. The highest BCUT2D eigenvalue weighted by Crippen LogP contribution is 2.47. The van der Waals surface area contributed by atoms with Crippen LogP contribution < -0.4 is 0 Å². The van der Waals surface area contributed by atoms with Crippen LogP contribution in [0.1, 0.15) is 55.5 Å². The van der Waals surface area contributed by atoms with Crippen molar-refractivity contribution in [2.45, 2.75) is 39.5 Å². The van der Waals surface area contributed by atoms with Gasteiger partial charge in [-0.1, -0.05) is 37.6 Å². The van der Waals surface area contributed by atoms with Crippen molar-refractivity contribution in [3.63, 3.8) is 0 Å². The number of rotatable bonds is 2. The maximum atomic E-state index is 11.1. The van der Waals surface area contributed by atoms with E-state index >= 15 is 0 Å². The Balaban J connectivity index is 2.46. The molecular weight excluding hydrogens is 224 g/mol. The van der Waals surface area contributed by atoms with Crippen LogP contribution >= 0.6 is 0 Å². The lowest BCUT2D eigenvalue weighted by atomic mass is 9.66. The topological polar surface area (TPSA) is 37.3 Å². The Hall–Kier alpha value is -1.57. The fourth-order valence-corrected chi connectivity index (χ4v) is 3.12. The molecule has 2 heteroatoms. The molecule has 0 radical (unpaired) electrons. The van der Waals surface area contributed by atoms with Crippen molar-refractivity contribution in [1.29, 1.82) is 0 Å². The van der Waals surface area contributed by atoms with Crippen LogP contribution in [0.25, 0.3) is 0 Å². The second-order valence-corrected chi connectivity index (χ2v) is 5.84. The summed E-state index contributed by atoms with van der Waals surface area (Å²) in [7, 11) is 0. The highest BCUT2D eigenvalue weighted by molar-refractivity contribution is 5.87. The van der Waals surface area contributed by atoms with E-state index in [9.17, 15) is 4.79 Å². The van der Waals surface area contributed by atoms with Crippen LogP contribution in [0.2, 0.25) is 0 Å². The van der Waals surface area contributed by atoms with Crippen molar-refractivity contribution in [2.75, 3.05) is 0 Å². The fourth-order valence-electron chi connectivity index (χ4n) is 3.12. The van der Waals surface area contributed by atoms with Crippen molar-refractivity contribution in [3.05, 3.63) is 47.0 Å². The highest BCUT2D eigenvalue weighted by Gasteiger charge is 2.34. The Morgan fingerprint density at radius 3 is 2.72 bits per heavy atom. The molecule has 0 bridgehead atoms. The molecule has 0 aromatic heterocycles. The van der Waals surface area contributed by atoms with Gasteiger partial charge in [0.05, 0.1) is 5.56 Å². The molecule has 1 aromatic rings. The summed E-state index contributed by atoms with van der Waals surface area (Å²) in [5, 5.41) is 9.09. The molecule has 0 fully saturated rings. The van der Waals surface area contributed by atoms with E-state index in [2.05, 4.69) is 26.8 Å². The molecule has 1 aliphatic rings. The molecule has 0 amide bonds. The van der Waals surface area contributed by atoms with Crippen LogP contribution in [0.5, 0.6) is 0 Å². The Kier molecular flexibility index (Phi) is 3.29. The molecule has 96 valence electrons. The van der Waals surface area contributed by atoms with Crippen LogP contribution in [-0.2, 0) is 0 Å². The van der Waals surface area contributed by atoms with Crippen molar-refractivity contribution < 1.29 is 9.90 Å². The van der Waals surface area contributed by atoms with Gasteiger partial charge >= 0.3 is 5.97 Å². The van der Waals surface area contributed by atoms with E-state index in [4.69, 9.17) is 5.11 Å². The van der Waals surface area contributed by atoms with E-state index in [0.29, 0.717) is 11.5 Å². The van der Waals surface area contributed by atoms with Crippen molar-refractivity contribution in [3.8, 4) is 0 Å². The average Bonchev–Trinajstić information content (AvgIpc) is 2.28. The van der Waals surface area contributed by atoms with Crippen LogP contribution in [0.15, 0.2) is 35.9 Å². The van der Waals surface area contributed by atoms with E-state index in [-0.39, 0.29) is 5.41 Å². The second-order valence-electron chi connectivity index (χ2n) is 5.84. The zero-order valence-corrected chi connectivity index (χ0v) is 11.2. The Bertz CT molecular complexity index is 498. The molecule has 0 saturated carbocycles. The van der Waals surface area contributed by atoms with E-state index in [1.807, 2.05) is 18.2 Å². The van der Waals surface area contributed by atoms with Gasteiger partial charge in [0.2, 0.25) is 0 Å². The molecule has 1 aromatic carbocycles. The highest BCUT2D eigenvalue weighted by atomic mass is 16.4. The fraction of sp³-hybridized carbons (Fsp3) is 0.438. The molecular formula is C16H20O2. The first-order chi connectivity index (χ1) is 8.42. The van der Waals surface area contributed by atoms with E-state index in [1.165, 1.54) is 5.57 Å². The average molecular weight is 244 g/mol. The maximum Gasteiger partial charge on any atom is 0.335 e. The number of carbonyl (C=O) groups is 1. The predicted octanol–water partition coefficient (Wildman–Crippen LogP) is 4.23. The first-order valence-electron chi connectivity index (χ1n) is 6.42. The van der Waals surface area contributed by atoms with Crippen LogP contribution in [0.4, 0.5) is 0 Å². The first-order valence-corrected chi connectivity index (χ1v) is 6.42. The number of allylic oxidation sites excluding steroid dienone is 2. The molecule has 1 unspecified atom stereocenters. The first kappa shape index (κ1) is 12.9. The Morgan fingerprint density at radius 2 is 2.11 bits per heavy atom. The van der Waals surface area contributed by atoms with Gasteiger partial charge in [0.15, 0.2) is 0 Å². The van der Waals surface area contributed by atoms with Gasteiger partial charge in [-0.15, -0.1) is 0 Å². The third-order valence-electron chi connectivity index (χ3n) is 3.96. The summed E-state index contributed by atoms with van der Waals surface area (Å²) in [5.41, 5.74) is 3.04. The SMILES string of the molecule is CC1=CCCC(C)(C)C1c1cccc(C(=O)O)c1. The molecule has 1 atom stereocenters. The number of carboxylic acids is 1. The van der Waals surface area contributed by atoms with Gasteiger partial charge in [0.25, 0.3) is 0 Å². The van der Waals surface area contributed by atoms with Gasteiger partial charge in [-0.2, -0.15) is 0 Å². The van der Waals surface area contributed by atoms with Gasteiger partial charge < -0.3 is 5.11 Å². The lowest BCUT2D eigenvalue weighted by molar-refractivity contribution is 0.0696. The summed E-state index contributed by atoms with van der Waals surface area (Å²) in [4.78, 5) is 11.1. The van der Waals surface area contributed by atoms with Gasteiger partial charge in [-0.3, -0.25) is 0 Å². The normalized spacial score (nSPS) is 22.4. The largest absolute Gasteiger partial charge is 0.478 e. The van der Waals surface area contributed by atoms with Gasteiger partial charge in [-0.05, 0) is 42.9 Å². The summed E-state index contributed by atoms with van der Waals surface area (Å²) in [6.45, 7) is 6.68. The maximum absolute atomic E-state index is 11.1. The molecule has 2 nitrogen and oxygen atoms in total. The molecule has 0 aliphatic heterocycles. The smallest absolute Gasteiger partial charge is 0.335 e. The zero-order chi connectivity index (χ0) is 13.3. The number of carboxylic acid groups (broad SMARTS) is 1. The van der Waals surface area contributed by atoms with Crippen LogP contribution in [0.3, 0.4) is 0 Å². The van der Waals surface area contributed by atoms with Crippen molar-refractivity contribution in [1.82, 2.24) is 0 Å². The predicted molar refractivity (Wildman–Crippen MR) is 72.9 cm³/mol. The van der Waals surface area contributed by atoms with Gasteiger partial charge in [0, 0.05) is 5.92 Å². The Labute approximate surface area is 108 Å². The number of benzene rings is 1. The van der Waals surface area contributed by atoms with Crippen molar-refractivity contribution in [2.24, 2.45) is 5.41 Å². The quantitative estimate of drug-likeness (QED) is 0.790. The molecule has 0 saturated heterocycles. The van der Waals surface area contributed by atoms with Crippen molar-refractivity contribution >= 4 is 5.97 Å². The molecule has 1 N–H and O–H groups in total. The third kappa shape index (κ3) is 2.33. The second kappa shape index (κ2) is 4.60. The Morgan fingerprint density at radius 1 is 1.39 bits per heavy atom. The van der Waals surface area contributed by atoms with E-state index in [1.54, 1.807) is 6.07 Å². The molecule has 2 rings (SSSR count). The van der Waals surface area contributed by atoms with Crippen LogP contribution in [0, 0.1) is 5.41 Å². The lowest BCUT2D eigenvalue weighted by Gasteiger charge is -2.39. The summed E-state index contributed by atoms with van der Waals surface area (Å²) < 4.78 is 0. The molecule has 0 heterocycles. The van der Waals surface area contributed by atoms with E-state index in [0.717, 1.165) is 18.4 Å². The van der Waals surface area contributed by atoms with E-state index < -0.39 is 5.97 Å². The number of hydrogen-bond donors (Lipinski definition) is 1. The zero-order valence-electron chi connectivity index (χ0n) is 11.2. The molecule has 1 aliphatic carbocycles. The summed E-state index contributed by atoms with van der Waals surface area (Å²) in [6, 6.07) is 7.36. The third-order valence-corrected chi connectivity index (χ3v) is 3.96. The monoisotopic (exact) mass is 244 g/mol. The minimum Gasteiger partial charge on any atom is -0.478 e. The standard InChI is InChI=1S/C16H20O2/c1-11-6-5-9-16(2,3)14(11)12-7-4-8-13(10-12)15(17)18/h4,6-8,10,14H,5,9H2,1-3H3,(H,17,18). The minimum absolute atomic E-state index is 0.190. The molecule has 18 heavy (non-hydrogen) atoms. The summed E-state index contributed by atoms with van der Waals surface area (Å²) >= 11 is 0. The van der Waals surface area contributed by atoms with Gasteiger partial charge in [0.1, 0.15) is 0 Å². The molecule has 0 spiro atoms. The summed E-state index contributed by atoms with van der Waals surface area (Å²) in [6.07, 6.45) is 4.55. The number of hydrogen-bond acceptors (Lipinski definition) is 1. The number of aromatic carboxylic acids is 1.